The molecule has 2 heterocycles. The Morgan fingerprint density at radius 1 is 1.03 bits per heavy atom. The Morgan fingerprint density at radius 2 is 1.76 bits per heavy atom. The summed E-state index contributed by atoms with van der Waals surface area (Å²) in [5.74, 6) is 1.27. The number of thioether (sulfide) groups is 1. The second-order valence-electron chi connectivity index (χ2n) is 7.42. The molecular formula is C24H20ClN5O2S. The van der Waals surface area contributed by atoms with Gasteiger partial charge in [-0.1, -0.05) is 65.8 Å². The molecule has 2 N–H and O–H groups in total. The van der Waals surface area contributed by atoms with Gasteiger partial charge in [-0.15, -0.1) is 10.2 Å². The average molecular weight is 478 g/mol. The van der Waals surface area contributed by atoms with Crippen LogP contribution in [0.3, 0.4) is 0 Å². The van der Waals surface area contributed by atoms with E-state index in [2.05, 4.69) is 20.9 Å². The Morgan fingerprint density at radius 3 is 2.45 bits per heavy atom. The zero-order chi connectivity index (χ0) is 22.8. The quantitative estimate of drug-likeness (QED) is 0.421. The SMILES string of the molecule is COc1ccc(NC(=O)[C@H]2Sc3nnc(-c4ccccc4)n3N[C@@H]2c2ccc(Cl)cc2)cc1. The number of aromatic nitrogens is 3. The lowest BCUT2D eigenvalue weighted by Crippen LogP contribution is -2.41. The smallest absolute Gasteiger partial charge is 0.240 e. The summed E-state index contributed by atoms with van der Waals surface area (Å²) in [6, 6.07) is 24.2. The molecule has 0 bridgehead atoms. The number of amides is 1. The van der Waals surface area contributed by atoms with Crippen LogP contribution >= 0.6 is 23.4 Å². The fraction of sp³-hybridized carbons (Fsp3) is 0.125. The van der Waals surface area contributed by atoms with Crippen LogP contribution in [0.25, 0.3) is 11.4 Å². The van der Waals surface area contributed by atoms with Gasteiger partial charge in [0.25, 0.3) is 0 Å². The van der Waals surface area contributed by atoms with Gasteiger partial charge in [0.2, 0.25) is 11.1 Å². The van der Waals surface area contributed by atoms with Crippen molar-refractivity contribution >= 4 is 35.0 Å². The lowest BCUT2D eigenvalue weighted by Gasteiger charge is -2.33. The van der Waals surface area contributed by atoms with Crippen molar-refractivity contribution in [2.75, 3.05) is 17.9 Å². The van der Waals surface area contributed by atoms with Gasteiger partial charge < -0.3 is 15.5 Å². The fourth-order valence-electron chi connectivity index (χ4n) is 3.64. The Bertz CT molecular complexity index is 1260. The summed E-state index contributed by atoms with van der Waals surface area (Å²) >= 11 is 7.48. The summed E-state index contributed by atoms with van der Waals surface area (Å²) in [5.41, 5.74) is 6.01. The number of hydrogen-bond acceptors (Lipinski definition) is 6. The summed E-state index contributed by atoms with van der Waals surface area (Å²) in [5, 5.41) is 12.5. The number of halogens is 1. The van der Waals surface area contributed by atoms with E-state index in [9.17, 15) is 4.79 Å². The molecule has 0 unspecified atom stereocenters. The Hall–Kier alpha value is -3.49. The highest BCUT2D eigenvalue weighted by Gasteiger charge is 2.38. The molecule has 166 valence electrons. The molecule has 0 aliphatic carbocycles. The second-order valence-corrected chi connectivity index (χ2v) is 8.97. The van der Waals surface area contributed by atoms with Gasteiger partial charge in [-0.25, -0.2) is 4.68 Å². The third kappa shape index (κ3) is 4.40. The largest absolute Gasteiger partial charge is 0.497 e. The van der Waals surface area contributed by atoms with E-state index in [4.69, 9.17) is 16.3 Å². The van der Waals surface area contributed by atoms with Crippen LogP contribution in [0.2, 0.25) is 5.02 Å². The Labute approximate surface area is 200 Å². The van der Waals surface area contributed by atoms with Gasteiger partial charge in [-0.2, -0.15) is 0 Å². The molecule has 7 nitrogen and oxygen atoms in total. The molecule has 1 aliphatic heterocycles. The summed E-state index contributed by atoms with van der Waals surface area (Å²) in [4.78, 5) is 13.4. The molecule has 0 radical (unpaired) electrons. The predicted molar refractivity (Wildman–Crippen MR) is 130 cm³/mol. The summed E-state index contributed by atoms with van der Waals surface area (Å²) in [7, 11) is 1.61. The first-order valence-electron chi connectivity index (χ1n) is 10.3. The standard InChI is InChI=1S/C24H20ClN5O2S/c1-32-19-13-11-18(12-14-19)26-23(31)21-20(15-7-9-17(25)10-8-15)29-30-22(27-28-24(30)33-21)16-5-3-2-4-6-16/h2-14,20-21,29H,1H3,(H,26,31)/t20-,21+/m1/s1. The van der Waals surface area contributed by atoms with Crippen LogP contribution in [0.5, 0.6) is 5.75 Å². The summed E-state index contributed by atoms with van der Waals surface area (Å²) in [6.07, 6.45) is 0. The first kappa shape index (κ1) is 21.4. The van der Waals surface area contributed by atoms with Gasteiger partial charge in [0, 0.05) is 16.3 Å². The number of benzene rings is 3. The van der Waals surface area contributed by atoms with E-state index in [1.54, 1.807) is 19.2 Å². The number of nitrogens with zero attached hydrogens (tertiary/aromatic N) is 3. The Balaban J connectivity index is 1.48. The van der Waals surface area contributed by atoms with Crippen LogP contribution in [-0.2, 0) is 4.79 Å². The van der Waals surface area contributed by atoms with E-state index < -0.39 is 5.25 Å². The molecule has 9 heteroatoms. The van der Waals surface area contributed by atoms with Gasteiger partial charge in [0.05, 0.1) is 13.2 Å². The zero-order valence-electron chi connectivity index (χ0n) is 17.6. The van der Waals surface area contributed by atoms with Gasteiger partial charge in [0.1, 0.15) is 11.0 Å². The topological polar surface area (TPSA) is 81.1 Å². The first-order valence-corrected chi connectivity index (χ1v) is 11.5. The van der Waals surface area contributed by atoms with Crippen molar-refractivity contribution in [3.05, 3.63) is 89.4 Å². The number of hydrogen-bond donors (Lipinski definition) is 2. The van der Waals surface area contributed by atoms with E-state index in [0.29, 0.717) is 21.7 Å². The molecule has 33 heavy (non-hydrogen) atoms. The second kappa shape index (κ2) is 9.17. The number of nitrogens with one attached hydrogen (secondary N) is 2. The van der Waals surface area contributed by atoms with Crippen LogP contribution in [0.1, 0.15) is 11.6 Å². The molecule has 5 rings (SSSR count). The molecule has 0 fully saturated rings. The normalized spacial score (nSPS) is 17.0. The van der Waals surface area contributed by atoms with Crippen LogP contribution < -0.4 is 15.5 Å². The fourth-order valence-corrected chi connectivity index (χ4v) is 4.84. The first-order chi connectivity index (χ1) is 16.1. The van der Waals surface area contributed by atoms with Crippen molar-refractivity contribution in [2.24, 2.45) is 0 Å². The van der Waals surface area contributed by atoms with Crippen LogP contribution in [0.15, 0.2) is 84.0 Å². The molecule has 0 spiro atoms. The molecule has 1 aliphatic rings. The zero-order valence-corrected chi connectivity index (χ0v) is 19.2. The molecule has 1 aromatic heterocycles. The molecule has 0 saturated carbocycles. The highest BCUT2D eigenvalue weighted by atomic mass is 35.5. The number of rotatable bonds is 5. The van der Waals surface area contributed by atoms with E-state index in [1.807, 2.05) is 71.4 Å². The predicted octanol–water partition coefficient (Wildman–Crippen LogP) is 5.00. The average Bonchev–Trinajstić information content (AvgIpc) is 3.28. The van der Waals surface area contributed by atoms with Gasteiger partial charge >= 0.3 is 0 Å². The minimum Gasteiger partial charge on any atom is -0.497 e. The number of carbonyl (C=O) groups excluding carboxylic acids is 1. The number of methoxy groups -OCH3 is 1. The third-order valence-corrected chi connectivity index (χ3v) is 6.78. The number of carbonyl (C=O) groups is 1. The highest BCUT2D eigenvalue weighted by Crippen LogP contribution is 2.39. The third-order valence-electron chi connectivity index (χ3n) is 5.31. The van der Waals surface area contributed by atoms with Crippen molar-refractivity contribution in [1.82, 2.24) is 14.9 Å². The lowest BCUT2D eigenvalue weighted by atomic mass is 10.0. The van der Waals surface area contributed by atoms with E-state index in [0.717, 1.165) is 16.9 Å². The number of ether oxygens (including phenoxy) is 1. The van der Waals surface area contributed by atoms with E-state index in [1.165, 1.54) is 11.8 Å². The lowest BCUT2D eigenvalue weighted by molar-refractivity contribution is -0.116. The minimum absolute atomic E-state index is 0.145. The van der Waals surface area contributed by atoms with Crippen LogP contribution in [0, 0.1) is 0 Å². The maximum absolute atomic E-state index is 13.4. The molecular weight excluding hydrogens is 458 g/mol. The molecule has 4 aromatic rings. The van der Waals surface area contributed by atoms with E-state index in [-0.39, 0.29) is 11.9 Å². The highest BCUT2D eigenvalue weighted by molar-refractivity contribution is 8.00. The van der Waals surface area contributed by atoms with Crippen molar-refractivity contribution in [2.45, 2.75) is 16.4 Å². The van der Waals surface area contributed by atoms with Crippen LogP contribution in [0.4, 0.5) is 5.69 Å². The van der Waals surface area contributed by atoms with Gasteiger partial charge in [0.15, 0.2) is 5.82 Å². The number of anilines is 1. The van der Waals surface area contributed by atoms with Gasteiger partial charge in [-0.3, -0.25) is 4.79 Å². The summed E-state index contributed by atoms with van der Waals surface area (Å²) in [6.45, 7) is 0. The molecule has 1 amide bonds. The molecule has 0 saturated heterocycles. The molecule has 2 atom stereocenters. The van der Waals surface area contributed by atoms with E-state index >= 15 is 0 Å². The number of fused-ring (bicyclic) bond motifs is 1. The monoisotopic (exact) mass is 477 g/mol. The van der Waals surface area contributed by atoms with Crippen molar-refractivity contribution in [1.29, 1.82) is 0 Å². The maximum atomic E-state index is 13.4. The summed E-state index contributed by atoms with van der Waals surface area (Å²) < 4.78 is 7.04. The van der Waals surface area contributed by atoms with Gasteiger partial charge in [-0.05, 0) is 42.0 Å². The van der Waals surface area contributed by atoms with Crippen molar-refractivity contribution < 1.29 is 9.53 Å². The van der Waals surface area contributed by atoms with Crippen molar-refractivity contribution in [3.63, 3.8) is 0 Å². The Kier molecular flexibility index (Phi) is 5.93. The van der Waals surface area contributed by atoms with Crippen molar-refractivity contribution in [3.8, 4) is 17.1 Å². The molecule has 3 aromatic carbocycles. The van der Waals surface area contributed by atoms with Crippen LogP contribution in [-0.4, -0.2) is 33.1 Å². The minimum atomic E-state index is -0.492. The maximum Gasteiger partial charge on any atom is 0.240 e.